The SMILES string of the molecule is CC1CC(CC(NC(=O)c2ccnn2C)C(=O)Nc2ccc3c(c2)NC(=O)C32CCOCC2)C1C. The van der Waals surface area contributed by atoms with Crippen molar-refractivity contribution in [3.05, 3.63) is 41.7 Å². The molecule has 0 bridgehead atoms. The molecular formula is C26H33N5O4. The highest BCUT2D eigenvalue weighted by Crippen LogP contribution is 2.45. The Bertz CT molecular complexity index is 1150. The van der Waals surface area contributed by atoms with Gasteiger partial charge in [-0.2, -0.15) is 5.10 Å². The number of fused-ring (bicyclic) bond motifs is 2. The second-order valence-electron chi connectivity index (χ2n) is 10.3. The van der Waals surface area contributed by atoms with Gasteiger partial charge in [0.1, 0.15) is 11.7 Å². The van der Waals surface area contributed by atoms with Crippen LogP contribution in [0.1, 0.15) is 55.6 Å². The van der Waals surface area contributed by atoms with Crippen LogP contribution in [0.25, 0.3) is 0 Å². The van der Waals surface area contributed by atoms with Crippen LogP contribution in [0, 0.1) is 17.8 Å². The zero-order valence-electron chi connectivity index (χ0n) is 20.5. The lowest BCUT2D eigenvalue weighted by Crippen LogP contribution is -2.48. The van der Waals surface area contributed by atoms with Crippen molar-refractivity contribution in [1.82, 2.24) is 15.1 Å². The highest BCUT2D eigenvalue weighted by molar-refractivity contribution is 6.07. The number of aromatic nitrogens is 2. The summed E-state index contributed by atoms with van der Waals surface area (Å²) in [6, 6.07) is 6.52. The van der Waals surface area contributed by atoms with Crippen LogP contribution in [-0.2, 0) is 26.8 Å². The Labute approximate surface area is 205 Å². The maximum atomic E-state index is 13.4. The van der Waals surface area contributed by atoms with E-state index < -0.39 is 11.5 Å². The van der Waals surface area contributed by atoms with Crippen LogP contribution in [0.5, 0.6) is 0 Å². The molecule has 3 N–H and O–H groups in total. The fourth-order valence-corrected chi connectivity index (χ4v) is 5.80. The highest BCUT2D eigenvalue weighted by atomic mass is 16.5. The van der Waals surface area contributed by atoms with Gasteiger partial charge in [0.05, 0.1) is 5.41 Å². The number of carbonyl (C=O) groups excluding carboxylic acids is 3. The molecule has 1 aromatic heterocycles. The fourth-order valence-electron chi connectivity index (χ4n) is 5.80. The maximum Gasteiger partial charge on any atom is 0.270 e. The number of amides is 3. The molecule has 1 aromatic carbocycles. The molecule has 2 aliphatic heterocycles. The molecule has 3 heterocycles. The second kappa shape index (κ2) is 9.11. The number of nitrogens with zero attached hydrogens (tertiary/aromatic N) is 2. The van der Waals surface area contributed by atoms with Gasteiger partial charge in [0.25, 0.3) is 5.91 Å². The van der Waals surface area contributed by atoms with E-state index in [2.05, 4.69) is 34.9 Å². The van der Waals surface area contributed by atoms with Gasteiger partial charge in [0.2, 0.25) is 11.8 Å². The van der Waals surface area contributed by atoms with E-state index >= 15 is 0 Å². The fraction of sp³-hybridized carbons (Fsp3) is 0.538. The zero-order chi connectivity index (χ0) is 24.7. The van der Waals surface area contributed by atoms with Crippen molar-refractivity contribution in [1.29, 1.82) is 0 Å². The van der Waals surface area contributed by atoms with Crippen molar-refractivity contribution in [3.63, 3.8) is 0 Å². The van der Waals surface area contributed by atoms with E-state index in [1.165, 1.54) is 4.68 Å². The summed E-state index contributed by atoms with van der Waals surface area (Å²) < 4.78 is 6.96. The average molecular weight is 480 g/mol. The number of hydrogen-bond donors (Lipinski definition) is 3. The molecule has 3 aliphatic rings. The number of aryl methyl sites for hydroxylation is 1. The van der Waals surface area contributed by atoms with E-state index in [9.17, 15) is 14.4 Å². The van der Waals surface area contributed by atoms with Gasteiger partial charge in [-0.3, -0.25) is 19.1 Å². The number of nitrogens with one attached hydrogen (secondary N) is 3. The van der Waals surface area contributed by atoms with E-state index in [4.69, 9.17) is 4.74 Å². The van der Waals surface area contributed by atoms with Crippen molar-refractivity contribution in [3.8, 4) is 0 Å². The smallest absolute Gasteiger partial charge is 0.270 e. The van der Waals surface area contributed by atoms with Gasteiger partial charge in [-0.25, -0.2) is 0 Å². The summed E-state index contributed by atoms with van der Waals surface area (Å²) in [4.78, 5) is 39.1. The molecule has 1 saturated carbocycles. The summed E-state index contributed by atoms with van der Waals surface area (Å²) in [6.45, 7) is 5.53. The lowest BCUT2D eigenvalue weighted by Gasteiger charge is -2.42. The monoisotopic (exact) mass is 479 g/mol. The van der Waals surface area contributed by atoms with E-state index in [0.29, 0.717) is 61.6 Å². The number of hydrogen-bond acceptors (Lipinski definition) is 5. The molecule has 0 radical (unpaired) electrons. The summed E-state index contributed by atoms with van der Waals surface area (Å²) >= 11 is 0. The average Bonchev–Trinajstić information content (AvgIpc) is 3.39. The summed E-state index contributed by atoms with van der Waals surface area (Å²) in [7, 11) is 1.70. The third kappa shape index (κ3) is 4.22. The molecule has 9 nitrogen and oxygen atoms in total. The topological polar surface area (TPSA) is 114 Å². The summed E-state index contributed by atoms with van der Waals surface area (Å²) in [5.41, 5.74) is 2.13. The van der Waals surface area contributed by atoms with Gasteiger partial charge < -0.3 is 20.7 Å². The third-order valence-electron chi connectivity index (χ3n) is 8.36. The first kappa shape index (κ1) is 23.5. The van der Waals surface area contributed by atoms with E-state index in [-0.39, 0.29) is 17.7 Å². The molecule has 35 heavy (non-hydrogen) atoms. The molecule has 1 saturated heterocycles. The highest BCUT2D eigenvalue weighted by Gasteiger charge is 2.47. The van der Waals surface area contributed by atoms with Crippen LogP contribution in [0.2, 0.25) is 0 Å². The largest absolute Gasteiger partial charge is 0.381 e. The van der Waals surface area contributed by atoms with Crippen LogP contribution < -0.4 is 16.0 Å². The minimum atomic E-state index is -0.679. The Kier molecular flexibility index (Phi) is 6.13. The van der Waals surface area contributed by atoms with Crippen LogP contribution in [0.15, 0.2) is 30.5 Å². The van der Waals surface area contributed by atoms with Crippen molar-refractivity contribution >= 4 is 29.1 Å². The lowest BCUT2D eigenvalue weighted by molar-refractivity contribution is -0.124. The van der Waals surface area contributed by atoms with Crippen LogP contribution >= 0.6 is 0 Å². The Hall–Kier alpha value is -3.20. The maximum absolute atomic E-state index is 13.4. The lowest BCUT2D eigenvalue weighted by atomic mass is 9.64. The molecule has 5 rings (SSSR count). The standard InChI is InChI=1S/C26H33N5O4/c1-15-12-17(16(15)2)13-21(29-24(33)22-6-9-27-31(22)3)23(32)28-18-4-5-19-20(14-18)30-25(34)26(19)7-10-35-11-8-26/h4-6,9,14-17,21H,7-8,10-13H2,1-3H3,(H,28,32)(H,29,33)(H,30,34). The zero-order valence-corrected chi connectivity index (χ0v) is 20.5. The van der Waals surface area contributed by atoms with Gasteiger partial charge in [0.15, 0.2) is 0 Å². The third-order valence-corrected chi connectivity index (χ3v) is 8.36. The van der Waals surface area contributed by atoms with Crippen LogP contribution in [0.3, 0.4) is 0 Å². The minimum absolute atomic E-state index is 0.00585. The Morgan fingerprint density at radius 3 is 2.69 bits per heavy atom. The predicted molar refractivity (Wildman–Crippen MR) is 131 cm³/mol. The molecule has 4 unspecified atom stereocenters. The normalized spacial score (nSPS) is 25.3. The van der Waals surface area contributed by atoms with E-state index in [1.54, 1.807) is 19.3 Å². The summed E-state index contributed by atoms with van der Waals surface area (Å²) in [5.74, 6) is 0.901. The first-order chi connectivity index (χ1) is 16.8. The molecule has 186 valence electrons. The van der Waals surface area contributed by atoms with E-state index in [0.717, 1.165) is 17.7 Å². The summed E-state index contributed by atoms with van der Waals surface area (Å²) in [6.07, 6.45) is 4.48. The van der Waals surface area contributed by atoms with Crippen molar-refractivity contribution < 1.29 is 19.1 Å². The molecule has 9 heteroatoms. The predicted octanol–water partition coefficient (Wildman–Crippen LogP) is 2.84. The van der Waals surface area contributed by atoms with Crippen molar-refractivity contribution in [2.75, 3.05) is 23.8 Å². The van der Waals surface area contributed by atoms with E-state index in [1.807, 2.05) is 18.2 Å². The molecule has 1 aliphatic carbocycles. The molecule has 2 aromatic rings. The van der Waals surface area contributed by atoms with Crippen molar-refractivity contribution in [2.45, 2.75) is 51.0 Å². The molecule has 1 spiro atoms. The van der Waals surface area contributed by atoms with Gasteiger partial charge in [-0.1, -0.05) is 19.9 Å². The Balaban J connectivity index is 1.33. The molecule has 4 atom stereocenters. The van der Waals surface area contributed by atoms with Crippen LogP contribution in [-0.4, -0.2) is 46.8 Å². The Morgan fingerprint density at radius 1 is 1.26 bits per heavy atom. The van der Waals surface area contributed by atoms with Gasteiger partial charge in [-0.15, -0.1) is 0 Å². The molecule has 2 fully saturated rings. The number of carbonyl (C=O) groups is 3. The first-order valence-corrected chi connectivity index (χ1v) is 12.4. The number of benzene rings is 1. The first-order valence-electron chi connectivity index (χ1n) is 12.4. The van der Waals surface area contributed by atoms with Crippen molar-refractivity contribution in [2.24, 2.45) is 24.8 Å². The van der Waals surface area contributed by atoms with Gasteiger partial charge in [-0.05, 0) is 67.2 Å². The number of rotatable bonds is 6. The minimum Gasteiger partial charge on any atom is -0.381 e. The van der Waals surface area contributed by atoms with Gasteiger partial charge >= 0.3 is 0 Å². The molecule has 3 amide bonds. The van der Waals surface area contributed by atoms with Gasteiger partial charge in [0, 0.05) is 37.8 Å². The Morgan fingerprint density at radius 2 is 2.03 bits per heavy atom. The number of anilines is 2. The summed E-state index contributed by atoms with van der Waals surface area (Å²) in [5, 5.41) is 12.9. The van der Waals surface area contributed by atoms with Crippen LogP contribution in [0.4, 0.5) is 11.4 Å². The molecular weight excluding hydrogens is 446 g/mol. The number of ether oxygens (including phenoxy) is 1. The quantitative estimate of drug-likeness (QED) is 0.590. The second-order valence-corrected chi connectivity index (χ2v) is 10.3.